The zero-order valence-corrected chi connectivity index (χ0v) is 13.5. The molecule has 4 nitrogen and oxygen atoms in total. The van der Waals surface area contributed by atoms with Crippen LogP contribution in [-0.4, -0.2) is 27.8 Å². The fourth-order valence-electron chi connectivity index (χ4n) is 2.39. The van der Waals surface area contributed by atoms with Gasteiger partial charge in [0.25, 0.3) is 0 Å². The first-order valence-corrected chi connectivity index (χ1v) is 8.74. The van der Waals surface area contributed by atoms with Gasteiger partial charge in [-0.1, -0.05) is 23.9 Å². The van der Waals surface area contributed by atoms with E-state index in [4.69, 9.17) is 4.74 Å². The summed E-state index contributed by atoms with van der Waals surface area (Å²) in [7, 11) is 0. The minimum absolute atomic E-state index is 0.183. The third-order valence-electron chi connectivity index (χ3n) is 3.55. The van der Waals surface area contributed by atoms with Gasteiger partial charge in [-0.2, -0.15) is 0 Å². The van der Waals surface area contributed by atoms with Crippen molar-refractivity contribution < 1.29 is 13.9 Å². The van der Waals surface area contributed by atoms with Crippen LogP contribution in [0.15, 0.2) is 41.7 Å². The Morgan fingerprint density at radius 3 is 2.83 bits per heavy atom. The van der Waals surface area contributed by atoms with Gasteiger partial charge in [0.05, 0.1) is 16.8 Å². The van der Waals surface area contributed by atoms with Crippen molar-refractivity contribution in [2.75, 3.05) is 6.61 Å². The van der Waals surface area contributed by atoms with Gasteiger partial charge < -0.3 is 4.74 Å². The molecule has 0 spiro atoms. The summed E-state index contributed by atoms with van der Waals surface area (Å²) in [4.78, 5) is 21.3. The molecule has 1 unspecified atom stereocenters. The number of halogens is 1. The fraction of sp³-hybridized carbons (Fsp3) is 0.188. The van der Waals surface area contributed by atoms with Crippen LogP contribution in [0.4, 0.5) is 4.39 Å². The predicted molar refractivity (Wildman–Crippen MR) is 88.0 cm³/mol. The van der Waals surface area contributed by atoms with Crippen molar-refractivity contribution in [2.24, 2.45) is 0 Å². The Morgan fingerprint density at radius 1 is 1.26 bits per heavy atom. The summed E-state index contributed by atoms with van der Waals surface area (Å²) in [6.07, 6.45) is 2.21. The molecule has 0 N–H and O–H groups in total. The first-order chi connectivity index (χ1) is 11.2. The molecule has 23 heavy (non-hydrogen) atoms. The number of hydrogen-bond acceptors (Lipinski definition) is 6. The van der Waals surface area contributed by atoms with E-state index in [0.717, 1.165) is 25.7 Å². The van der Waals surface area contributed by atoms with Crippen molar-refractivity contribution in [2.45, 2.75) is 16.7 Å². The summed E-state index contributed by atoms with van der Waals surface area (Å²) in [5.74, 6) is -0.442. The number of thioether (sulfide) groups is 1. The van der Waals surface area contributed by atoms with Crippen LogP contribution in [0, 0.1) is 5.82 Å². The van der Waals surface area contributed by atoms with Crippen molar-refractivity contribution >= 4 is 39.3 Å². The quantitative estimate of drug-likeness (QED) is 0.532. The van der Waals surface area contributed by atoms with Crippen LogP contribution in [-0.2, 0) is 9.53 Å². The molecule has 1 aromatic carbocycles. The zero-order valence-electron chi connectivity index (χ0n) is 11.9. The molecule has 1 fully saturated rings. The first kappa shape index (κ1) is 14.6. The summed E-state index contributed by atoms with van der Waals surface area (Å²) < 4.78 is 19.0. The van der Waals surface area contributed by atoms with Gasteiger partial charge >= 0.3 is 5.97 Å². The van der Waals surface area contributed by atoms with Crippen molar-refractivity contribution in [1.29, 1.82) is 0 Å². The minimum atomic E-state index is -0.259. The maximum absolute atomic E-state index is 13.1. The molecule has 3 heterocycles. The first-order valence-electron chi connectivity index (χ1n) is 7.04. The monoisotopic (exact) mass is 346 g/mol. The lowest BCUT2D eigenvalue weighted by Gasteiger charge is -2.04. The van der Waals surface area contributed by atoms with E-state index in [2.05, 4.69) is 9.97 Å². The van der Waals surface area contributed by atoms with Crippen LogP contribution in [0.1, 0.15) is 6.42 Å². The molecule has 0 aliphatic carbocycles. The highest BCUT2D eigenvalue weighted by atomic mass is 32.2. The highest BCUT2D eigenvalue weighted by molar-refractivity contribution is 8.00. The Bertz CT molecular complexity index is 879. The molecular formula is C16H11FN2O2S2. The van der Waals surface area contributed by atoms with E-state index in [0.29, 0.717) is 13.0 Å². The summed E-state index contributed by atoms with van der Waals surface area (Å²) >= 11 is 2.97. The van der Waals surface area contributed by atoms with Crippen molar-refractivity contribution in [3.8, 4) is 10.4 Å². The number of hydrogen-bond donors (Lipinski definition) is 0. The summed E-state index contributed by atoms with van der Waals surface area (Å²) in [5, 5.41) is 0.585. The molecule has 0 radical (unpaired) electrons. The van der Waals surface area contributed by atoms with Gasteiger partial charge in [-0.3, -0.25) is 4.79 Å². The zero-order chi connectivity index (χ0) is 15.8. The Labute approximate surface area is 139 Å². The van der Waals surface area contributed by atoms with Crippen LogP contribution in [0.25, 0.3) is 20.7 Å². The number of ether oxygens (including phenoxy) is 1. The maximum Gasteiger partial charge on any atom is 0.319 e. The lowest BCUT2D eigenvalue weighted by atomic mass is 10.2. The topological polar surface area (TPSA) is 52.1 Å². The Balaban J connectivity index is 1.72. The number of rotatable bonds is 3. The summed E-state index contributed by atoms with van der Waals surface area (Å²) in [5.41, 5.74) is 1.77. The lowest BCUT2D eigenvalue weighted by Crippen LogP contribution is -2.09. The molecule has 4 rings (SSSR count). The molecule has 2 aromatic heterocycles. The number of carbonyl (C=O) groups excluding carboxylic acids is 1. The number of benzene rings is 1. The number of thiophene rings is 1. The van der Waals surface area contributed by atoms with E-state index >= 15 is 0 Å². The van der Waals surface area contributed by atoms with E-state index in [-0.39, 0.29) is 17.0 Å². The molecule has 7 heteroatoms. The molecule has 0 saturated carbocycles. The van der Waals surface area contributed by atoms with E-state index < -0.39 is 0 Å². The standard InChI is InChI=1S/C16H11FN2O2S2/c17-10-3-1-9(2-4-10)13-7-11-14(22-13)15(19-8-18-11)23-12-5-6-21-16(12)20/h1-4,7-8,12H,5-6H2. The lowest BCUT2D eigenvalue weighted by molar-refractivity contribution is -0.137. The normalized spacial score (nSPS) is 17.6. The second kappa shape index (κ2) is 5.90. The predicted octanol–water partition coefficient (Wildman–Crippen LogP) is 3.91. The molecule has 1 atom stereocenters. The van der Waals surface area contributed by atoms with Gasteiger partial charge in [0.1, 0.15) is 22.4 Å². The number of nitrogens with zero attached hydrogens (tertiary/aromatic N) is 2. The Morgan fingerprint density at radius 2 is 2.09 bits per heavy atom. The molecular weight excluding hydrogens is 335 g/mol. The van der Waals surface area contributed by atoms with E-state index in [1.54, 1.807) is 23.5 Å². The summed E-state index contributed by atoms with van der Waals surface area (Å²) in [6.45, 7) is 0.468. The number of aromatic nitrogens is 2. The van der Waals surface area contributed by atoms with Crippen molar-refractivity contribution in [3.63, 3.8) is 0 Å². The van der Waals surface area contributed by atoms with E-state index in [9.17, 15) is 9.18 Å². The number of carbonyl (C=O) groups is 1. The van der Waals surface area contributed by atoms with Gasteiger partial charge in [0.15, 0.2) is 0 Å². The Kier molecular flexibility index (Phi) is 3.74. The highest BCUT2D eigenvalue weighted by Crippen LogP contribution is 2.39. The molecule has 0 bridgehead atoms. The number of fused-ring (bicyclic) bond motifs is 1. The van der Waals surface area contributed by atoms with Crippen molar-refractivity contribution in [3.05, 3.63) is 42.5 Å². The minimum Gasteiger partial charge on any atom is -0.465 e. The van der Waals surface area contributed by atoms with Crippen LogP contribution in [0.5, 0.6) is 0 Å². The van der Waals surface area contributed by atoms with Crippen LogP contribution in [0.2, 0.25) is 0 Å². The second-order valence-electron chi connectivity index (χ2n) is 5.07. The third-order valence-corrected chi connectivity index (χ3v) is 6.10. The van der Waals surface area contributed by atoms with Crippen LogP contribution < -0.4 is 0 Å². The SMILES string of the molecule is O=C1OCCC1Sc1ncnc2cc(-c3ccc(F)cc3)sc12. The highest BCUT2D eigenvalue weighted by Gasteiger charge is 2.29. The van der Waals surface area contributed by atoms with E-state index in [1.165, 1.54) is 30.2 Å². The second-order valence-corrected chi connectivity index (χ2v) is 7.32. The fourth-order valence-corrected chi connectivity index (χ4v) is 4.63. The molecule has 1 aliphatic heterocycles. The van der Waals surface area contributed by atoms with Gasteiger partial charge in [0, 0.05) is 11.3 Å². The van der Waals surface area contributed by atoms with Gasteiger partial charge in [-0.05, 0) is 23.8 Å². The molecule has 0 amide bonds. The number of esters is 1. The third kappa shape index (κ3) is 2.82. The average molecular weight is 346 g/mol. The van der Waals surface area contributed by atoms with Crippen LogP contribution in [0.3, 0.4) is 0 Å². The van der Waals surface area contributed by atoms with Crippen molar-refractivity contribution in [1.82, 2.24) is 9.97 Å². The Hall–Kier alpha value is -1.99. The average Bonchev–Trinajstić information content (AvgIpc) is 3.15. The summed E-state index contributed by atoms with van der Waals surface area (Å²) in [6, 6.07) is 8.33. The molecule has 116 valence electrons. The van der Waals surface area contributed by atoms with E-state index in [1.807, 2.05) is 6.07 Å². The van der Waals surface area contributed by atoms with Gasteiger partial charge in [0.2, 0.25) is 0 Å². The van der Waals surface area contributed by atoms with Gasteiger partial charge in [-0.25, -0.2) is 14.4 Å². The van der Waals surface area contributed by atoms with Gasteiger partial charge in [-0.15, -0.1) is 11.3 Å². The number of cyclic esters (lactones) is 1. The molecule has 1 saturated heterocycles. The van der Waals surface area contributed by atoms with Crippen LogP contribution >= 0.6 is 23.1 Å². The smallest absolute Gasteiger partial charge is 0.319 e. The maximum atomic E-state index is 13.1. The molecule has 1 aliphatic rings. The largest absolute Gasteiger partial charge is 0.465 e. The molecule has 3 aromatic rings.